The van der Waals surface area contributed by atoms with Gasteiger partial charge in [0.05, 0.1) is 0 Å². The molecule has 0 amide bonds. The van der Waals surface area contributed by atoms with Crippen molar-refractivity contribution in [2.75, 3.05) is 9.80 Å². The van der Waals surface area contributed by atoms with Gasteiger partial charge in [-0.05, 0) is 80.9 Å². The Morgan fingerprint density at radius 1 is 0.500 bits per heavy atom. The summed E-state index contributed by atoms with van der Waals surface area (Å²) in [6.07, 6.45) is 1.92. The largest absolute Gasteiger partial charge is 0.509 e. The Balaban J connectivity index is 0.00000518. The molecule has 2 aromatic heterocycles. The van der Waals surface area contributed by atoms with E-state index in [1.54, 1.807) is 0 Å². The quantitative estimate of drug-likeness (QED) is 0.135. The van der Waals surface area contributed by atoms with E-state index < -0.39 is 0 Å². The maximum atomic E-state index is 6.93. The van der Waals surface area contributed by atoms with E-state index in [0.717, 1.165) is 55.9 Å². The van der Waals surface area contributed by atoms with Gasteiger partial charge in [0.15, 0.2) is 0 Å². The molecule has 0 atom stereocenters. The number of pyridine rings is 1. The first kappa shape index (κ1) is 42.9. The molecule has 0 aliphatic carbocycles. The van der Waals surface area contributed by atoms with Crippen LogP contribution in [-0.4, -0.2) is 9.55 Å². The third-order valence-corrected chi connectivity index (χ3v) is 12.9. The number of benzene rings is 7. The molecule has 0 unspecified atom stereocenters. The Bertz CT molecular complexity index is 3110. The molecule has 6 heteroatoms. The summed E-state index contributed by atoms with van der Waals surface area (Å²) in [6.45, 7) is 18.0. The minimum absolute atomic E-state index is 0. The Morgan fingerprint density at radius 3 is 1.78 bits per heavy atom. The van der Waals surface area contributed by atoms with Gasteiger partial charge in [-0.25, -0.2) is 4.98 Å². The number of fused-ring (bicyclic) bond motifs is 4. The second-order valence-corrected chi connectivity index (χ2v) is 18.7. The van der Waals surface area contributed by atoms with E-state index in [0.29, 0.717) is 11.5 Å². The summed E-state index contributed by atoms with van der Waals surface area (Å²) >= 11 is 0. The predicted molar refractivity (Wildman–Crippen MR) is 260 cm³/mol. The van der Waals surface area contributed by atoms with Crippen LogP contribution in [-0.2, 0) is 37.3 Å². The van der Waals surface area contributed by atoms with Crippen LogP contribution in [0.5, 0.6) is 11.5 Å². The molecule has 322 valence electrons. The summed E-state index contributed by atoms with van der Waals surface area (Å²) < 4.78 is 9.14. The minimum Gasteiger partial charge on any atom is -0.509 e. The maximum Gasteiger partial charge on any atom is 0.135 e. The molecule has 0 bridgehead atoms. The van der Waals surface area contributed by atoms with Crippen molar-refractivity contribution in [2.24, 2.45) is 0 Å². The van der Waals surface area contributed by atoms with Crippen molar-refractivity contribution in [2.45, 2.75) is 64.7 Å². The fourth-order valence-electron chi connectivity index (χ4n) is 8.97. The van der Waals surface area contributed by atoms with Crippen LogP contribution in [0, 0.1) is 18.8 Å². The maximum absolute atomic E-state index is 6.93. The van der Waals surface area contributed by atoms with E-state index in [9.17, 15) is 0 Å². The van der Waals surface area contributed by atoms with Gasteiger partial charge in [-0.1, -0.05) is 157 Å². The van der Waals surface area contributed by atoms with Gasteiger partial charge in [-0.15, -0.1) is 53.6 Å². The third-order valence-electron chi connectivity index (χ3n) is 12.9. The van der Waals surface area contributed by atoms with Gasteiger partial charge in [-0.2, -0.15) is 6.07 Å². The average Bonchev–Trinajstić information content (AvgIpc) is 3.85. The fourth-order valence-corrected chi connectivity index (χ4v) is 8.97. The summed E-state index contributed by atoms with van der Waals surface area (Å²) in [5, 5.41) is 2.21. The molecule has 5 nitrogen and oxygen atoms in total. The second-order valence-electron chi connectivity index (χ2n) is 18.7. The standard InChI is InChI=1S/C58H51N4O.Pt/c1-56(2,3)40-26-28-45(29-27-40)60-39-61(53-25-17-16-24-52(53)60)46-34-44(58(6,7)42-20-12-9-13-21-42)35-48(37-46)63-47-30-31-50-49-22-14-15-23-51(49)62(54(50)38-47)55-36-43(32-33-59-55)57(4,5)41-18-10-8-11-19-41;/h8-36,39H,1-7H3;/q-3;. The predicted octanol–water partition coefficient (Wildman–Crippen LogP) is 14.9. The molecule has 0 N–H and O–H groups in total. The zero-order valence-corrected chi connectivity index (χ0v) is 39.6. The Hall–Kier alpha value is -6.42. The number of rotatable bonds is 9. The van der Waals surface area contributed by atoms with Gasteiger partial charge < -0.3 is 19.1 Å². The summed E-state index contributed by atoms with van der Waals surface area (Å²) in [5.41, 5.74) is 11.6. The summed E-state index contributed by atoms with van der Waals surface area (Å²) in [4.78, 5) is 9.46. The van der Waals surface area contributed by atoms with Crippen LogP contribution in [0.4, 0.5) is 22.7 Å². The number of anilines is 4. The molecule has 0 radical (unpaired) electrons. The van der Waals surface area contributed by atoms with E-state index in [1.165, 1.54) is 22.3 Å². The van der Waals surface area contributed by atoms with Crippen LogP contribution in [0.1, 0.15) is 76.3 Å². The van der Waals surface area contributed by atoms with E-state index in [2.05, 4.69) is 245 Å². The van der Waals surface area contributed by atoms with Gasteiger partial charge in [0.1, 0.15) is 5.82 Å². The molecule has 1 aliphatic rings. The van der Waals surface area contributed by atoms with Crippen LogP contribution in [0.3, 0.4) is 0 Å². The number of nitrogens with zero attached hydrogens (tertiary/aromatic N) is 4. The van der Waals surface area contributed by atoms with E-state index in [1.807, 2.05) is 12.3 Å². The molecule has 10 rings (SSSR count). The van der Waals surface area contributed by atoms with Gasteiger partial charge in [0.25, 0.3) is 0 Å². The Kier molecular flexibility index (Phi) is 11.1. The monoisotopic (exact) mass is 1010 g/mol. The Labute approximate surface area is 392 Å². The van der Waals surface area contributed by atoms with Crippen LogP contribution >= 0.6 is 0 Å². The normalized spacial score (nSPS) is 13.0. The number of hydrogen-bond donors (Lipinski definition) is 0. The van der Waals surface area contributed by atoms with Crippen molar-refractivity contribution in [3.8, 4) is 17.3 Å². The SMILES string of the molecule is CC(C)(C)c1ccc(N2[CH-]N(c3[c-]c(Oc4[c-]c5c(cc4)c4ccccc4n5-c4cc(C(C)(C)c5ccccc5)ccn4)cc(C(C)(C)c4ccccc4)c3)c3ccccc32)cc1.[Pt]. The van der Waals surface area contributed by atoms with E-state index >= 15 is 0 Å². The fraction of sp³-hybridized carbons (Fsp3) is 0.172. The average molecular weight is 1020 g/mol. The second kappa shape index (κ2) is 16.6. The molecule has 0 saturated carbocycles. The van der Waals surface area contributed by atoms with E-state index in [4.69, 9.17) is 9.72 Å². The molecule has 0 saturated heterocycles. The third kappa shape index (κ3) is 7.71. The molecular formula is C58H51N4OPt-3. The van der Waals surface area contributed by atoms with Gasteiger partial charge in [0.2, 0.25) is 0 Å². The Morgan fingerprint density at radius 2 is 1.11 bits per heavy atom. The molecule has 0 fully saturated rings. The van der Waals surface area contributed by atoms with Gasteiger partial charge in [0, 0.05) is 66.8 Å². The first-order chi connectivity index (χ1) is 30.4. The summed E-state index contributed by atoms with van der Waals surface area (Å²) in [6, 6.07) is 67.6. The molecule has 3 heterocycles. The van der Waals surface area contributed by atoms with Gasteiger partial charge in [-0.3, -0.25) is 0 Å². The van der Waals surface area contributed by atoms with Crippen molar-refractivity contribution < 1.29 is 25.8 Å². The summed E-state index contributed by atoms with van der Waals surface area (Å²) in [5.74, 6) is 2.03. The zero-order chi connectivity index (χ0) is 43.5. The molecule has 64 heavy (non-hydrogen) atoms. The van der Waals surface area contributed by atoms with Crippen LogP contribution in [0.15, 0.2) is 176 Å². The smallest absolute Gasteiger partial charge is 0.135 e. The number of aromatic nitrogens is 2. The van der Waals surface area contributed by atoms with Crippen molar-refractivity contribution in [3.05, 3.63) is 223 Å². The first-order valence-corrected chi connectivity index (χ1v) is 21.8. The minimum atomic E-state index is -0.352. The molecule has 0 spiro atoms. The first-order valence-electron chi connectivity index (χ1n) is 21.8. The van der Waals surface area contributed by atoms with E-state index in [-0.39, 0.29) is 37.3 Å². The van der Waals surface area contributed by atoms with Crippen molar-refractivity contribution in [3.63, 3.8) is 0 Å². The van der Waals surface area contributed by atoms with Crippen LogP contribution in [0.2, 0.25) is 0 Å². The molecule has 7 aromatic carbocycles. The topological polar surface area (TPSA) is 33.5 Å². The van der Waals surface area contributed by atoms with Crippen molar-refractivity contribution >= 4 is 44.6 Å². The molecular weight excluding hydrogens is 964 g/mol. The van der Waals surface area contributed by atoms with Crippen LogP contribution < -0.4 is 14.5 Å². The zero-order valence-electron chi connectivity index (χ0n) is 37.3. The number of hydrogen-bond acceptors (Lipinski definition) is 4. The number of para-hydroxylation sites is 3. The van der Waals surface area contributed by atoms with Crippen molar-refractivity contribution in [1.82, 2.24) is 9.55 Å². The number of ether oxygens (including phenoxy) is 1. The molecule has 1 aliphatic heterocycles. The van der Waals surface area contributed by atoms with Crippen molar-refractivity contribution in [1.29, 1.82) is 0 Å². The molecule has 9 aromatic rings. The van der Waals surface area contributed by atoms with Crippen LogP contribution in [0.25, 0.3) is 27.6 Å². The summed E-state index contributed by atoms with van der Waals surface area (Å²) in [7, 11) is 0. The van der Waals surface area contributed by atoms with Gasteiger partial charge >= 0.3 is 0 Å².